The number of carbonyl (C=O) groups excluding carboxylic acids is 2. The molecule has 0 saturated carbocycles. The van der Waals surface area contributed by atoms with Gasteiger partial charge >= 0.3 is 0 Å². The van der Waals surface area contributed by atoms with Crippen molar-refractivity contribution in [1.82, 2.24) is 9.78 Å². The maximum absolute atomic E-state index is 13.1. The third-order valence-electron chi connectivity index (χ3n) is 6.39. The standard InChI is InChI=1S/C28H31N5O3/c1-3-4-12-28(29,30)13-14-36-25-7-5-6-22(16-25)15-21-8-10-24(11-9-21)33-20(2)18-32-26(27(33)35)23(19-34)17-31-32/h1,5-11,16-17,19-20H,4,12-15,18,29-30H2,2H3/t20-/m0/s1. The fourth-order valence-electron chi connectivity index (χ4n) is 4.42. The largest absolute Gasteiger partial charge is 0.493 e. The summed E-state index contributed by atoms with van der Waals surface area (Å²) in [6.45, 7) is 2.91. The molecular formula is C28H31N5O3. The predicted octanol–water partition coefficient (Wildman–Crippen LogP) is 3.13. The molecule has 0 aliphatic carbocycles. The Hall–Kier alpha value is -3.93. The van der Waals surface area contributed by atoms with E-state index in [9.17, 15) is 9.59 Å². The van der Waals surface area contributed by atoms with E-state index in [4.69, 9.17) is 22.6 Å². The zero-order valence-corrected chi connectivity index (χ0v) is 20.4. The van der Waals surface area contributed by atoms with Crippen LogP contribution in [0.15, 0.2) is 54.7 Å². The number of amides is 1. The van der Waals surface area contributed by atoms with Crippen LogP contribution in [0.3, 0.4) is 0 Å². The third-order valence-corrected chi connectivity index (χ3v) is 6.39. The molecule has 4 rings (SSSR count). The fraction of sp³-hybridized carbons (Fsp3) is 0.321. The van der Waals surface area contributed by atoms with Crippen molar-refractivity contribution < 1.29 is 14.3 Å². The van der Waals surface area contributed by atoms with Crippen LogP contribution in [0, 0.1) is 12.3 Å². The summed E-state index contributed by atoms with van der Waals surface area (Å²) in [5.74, 6) is 3.10. The smallest absolute Gasteiger partial charge is 0.277 e. The minimum absolute atomic E-state index is 0.0866. The lowest BCUT2D eigenvalue weighted by atomic mass is 10.0. The summed E-state index contributed by atoms with van der Waals surface area (Å²) in [5, 5.41) is 4.17. The molecule has 0 unspecified atom stereocenters. The maximum atomic E-state index is 13.1. The van der Waals surface area contributed by atoms with E-state index < -0.39 is 5.66 Å². The lowest BCUT2D eigenvalue weighted by Gasteiger charge is -2.34. The Balaban J connectivity index is 1.40. The summed E-state index contributed by atoms with van der Waals surface area (Å²) in [7, 11) is 0. The normalized spacial score (nSPS) is 15.3. The van der Waals surface area contributed by atoms with Crippen LogP contribution in [0.4, 0.5) is 5.69 Å². The summed E-state index contributed by atoms with van der Waals surface area (Å²) in [6.07, 6.45) is 9.71. The molecule has 8 heteroatoms. The van der Waals surface area contributed by atoms with Crippen LogP contribution in [0.25, 0.3) is 0 Å². The van der Waals surface area contributed by atoms with E-state index in [1.54, 1.807) is 9.58 Å². The van der Waals surface area contributed by atoms with Crippen molar-refractivity contribution in [2.75, 3.05) is 11.5 Å². The second-order valence-corrected chi connectivity index (χ2v) is 9.30. The molecule has 1 amide bonds. The quantitative estimate of drug-likeness (QED) is 0.259. The molecule has 4 N–H and O–H groups in total. The van der Waals surface area contributed by atoms with Gasteiger partial charge in [-0.2, -0.15) is 5.10 Å². The molecule has 3 aromatic rings. The molecule has 2 aromatic carbocycles. The molecule has 0 spiro atoms. The fourth-order valence-corrected chi connectivity index (χ4v) is 4.42. The number of terminal acetylenes is 1. The number of aromatic nitrogens is 2. The topological polar surface area (TPSA) is 116 Å². The van der Waals surface area contributed by atoms with Crippen molar-refractivity contribution in [3.8, 4) is 18.1 Å². The van der Waals surface area contributed by atoms with E-state index >= 15 is 0 Å². The van der Waals surface area contributed by atoms with Crippen molar-refractivity contribution in [2.45, 2.75) is 50.9 Å². The van der Waals surface area contributed by atoms with Crippen molar-refractivity contribution in [3.05, 3.63) is 77.1 Å². The molecule has 186 valence electrons. The number of hydrogen-bond donors (Lipinski definition) is 2. The number of rotatable bonds is 10. The number of benzene rings is 2. The molecule has 1 aromatic heterocycles. The number of anilines is 1. The van der Waals surface area contributed by atoms with Gasteiger partial charge in [-0.15, -0.1) is 12.3 Å². The average molecular weight is 486 g/mol. The van der Waals surface area contributed by atoms with Crippen molar-refractivity contribution in [3.63, 3.8) is 0 Å². The molecule has 1 atom stereocenters. The van der Waals surface area contributed by atoms with Crippen LogP contribution < -0.4 is 21.1 Å². The number of ether oxygens (including phenoxy) is 1. The van der Waals surface area contributed by atoms with Crippen LogP contribution >= 0.6 is 0 Å². The zero-order valence-electron chi connectivity index (χ0n) is 20.4. The van der Waals surface area contributed by atoms with E-state index in [0.717, 1.165) is 22.6 Å². The monoisotopic (exact) mass is 485 g/mol. The summed E-state index contributed by atoms with van der Waals surface area (Å²) in [4.78, 5) is 26.2. The van der Waals surface area contributed by atoms with Gasteiger partial charge in [0.2, 0.25) is 0 Å². The minimum atomic E-state index is -0.840. The van der Waals surface area contributed by atoms with Gasteiger partial charge in [0.15, 0.2) is 6.29 Å². The van der Waals surface area contributed by atoms with Gasteiger partial charge in [-0.25, -0.2) is 0 Å². The van der Waals surface area contributed by atoms with Gasteiger partial charge in [0.1, 0.15) is 11.4 Å². The number of fused-ring (bicyclic) bond motifs is 1. The highest BCUT2D eigenvalue weighted by Gasteiger charge is 2.33. The summed E-state index contributed by atoms with van der Waals surface area (Å²) < 4.78 is 7.48. The second-order valence-electron chi connectivity index (χ2n) is 9.30. The summed E-state index contributed by atoms with van der Waals surface area (Å²) in [6, 6.07) is 15.7. The van der Waals surface area contributed by atoms with Crippen molar-refractivity contribution >= 4 is 17.9 Å². The summed E-state index contributed by atoms with van der Waals surface area (Å²) >= 11 is 0. The first-order chi connectivity index (χ1) is 17.3. The molecule has 0 bridgehead atoms. The van der Waals surface area contributed by atoms with Crippen LogP contribution in [0.2, 0.25) is 0 Å². The molecule has 8 nitrogen and oxygen atoms in total. The Kier molecular flexibility index (Phi) is 7.53. The van der Waals surface area contributed by atoms with E-state index in [1.165, 1.54) is 6.20 Å². The Morgan fingerprint density at radius 1 is 1.19 bits per heavy atom. The molecule has 0 saturated heterocycles. The first kappa shape index (κ1) is 25.2. The second kappa shape index (κ2) is 10.8. The van der Waals surface area contributed by atoms with Gasteiger partial charge in [0.05, 0.1) is 36.6 Å². The number of nitrogens with two attached hydrogens (primary N) is 2. The van der Waals surface area contributed by atoms with Crippen LogP contribution in [0.1, 0.15) is 58.2 Å². The highest BCUT2D eigenvalue weighted by Crippen LogP contribution is 2.27. The van der Waals surface area contributed by atoms with E-state index in [2.05, 4.69) is 11.0 Å². The Bertz CT molecular complexity index is 1270. The number of nitrogens with zero attached hydrogens (tertiary/aromatic N) is 3. The third kappa shape index (κ3) is 5.65. The molecule has 1 aliphatic rings. The minimum Gasteiger partial charge on any atom is -0.493 e. The first-order valence-corrected chi connectivity index (χ1v) is 12.0. The van der Waals surface area contributed by atoms with Crippen molar-refractivity contribution in [1.29, 1.82) is 0 Å². The predicted molar refractivity (Wildman–Crippen MR) is 139 cm³/mol. The molecule has 2 heterocycles. The Morgan fingerprint density at radius 3 is 2.69 bits per heavy atom. The van der Waals surface area contributed by atoms with Gasteiger partial charge in [-0.3, -0.25) is 14.3 Å². The Morgan fingerprint density at radius 2 is 1.97 bits per heavy atom. The van der Waals surface area contributed by atoms with E-state index in [1.807, 2.05) is 55.5 Å². The van der Waals surface area contributed by atoms with Crippen LogP contribution in [0.5, 0.6) is 5.75 Å². The Labute approximate surface area is 211 Å². The lowest BCUT2D eigenvalue weighted by molar-refractivity contribution is 0.0941. The SMILES string of the molecule is C#CCCC(N)(N)CCOc1cccc(Cc2ccc(N3C(=O)c4c(C=O)cnn4C[C@@H]3C)cc2)c1. The summed E-state index contributed by atoms with van der Waals surface area (Å²) in [5.41, 5.74) is 14.9. The van der Waals surface area contributed by atoms with Crippen molar-refractivity contribution in [2.24, 2.45) is 11.5 Å². The van der Waals surface area contributed by atoms with Crippen LogP contribution in [-0.4, -0.2) is 40.3 Å². The maximum Gasteiger partial charge on any atom is 0.277 e. The first-order valence-electron chi connectivity index (χ1n) is 12.0. The van der Waals surface area contributed by atoms with E-state index in [0.29, 0.717) is 56.4 Å². The average Bonchev–Trinajstić information content (AvgIpc) is 3.27. The lowest BCUT2D eigenvalue weighted by Crippen LogP contribution is -2.50. The van der Waals surface area contributed by atoms with E-state index in [-0.39, 0.29) is 11.9 Å². The number of aldehydes is 1. The van der Waals surface area contributed by atoms with Gasteiger partial charge in [0, 0.05) is 18.5 Å². The molecule has 0 fully saturated rings. The zero-order chi connectivity index (χ0) is 25.7. The van der Waals surface area contributed by atoms with Crippen LogP contribution in [-0.2, 0) is 13.0 Å². The number of hydrogen-bond acceptors (Lipinski definition) is 6. The molecule has 1 aliphatic heterocycles. The van der Waals surface area contributed by atoms with Gasteiger partial charge < -0.3 is 21.1 Å². The number of carbonyl (C=O) groups is 2. The van der Waals surface area contributed by atoms with Gasteiger partial charge in [0.25, 0.3) is 5.91 Å². The molecule has 0 radical (unpaired) electrons. The van der Waals surface area contributed by atoms with Gasteiger partial charge in [-0.1, -0.05) is 24.3 Å². The van der Waals surface area contributed by atoms with Gasteiger partial charge in [-0.05, 0) is 55.2 Å². The molecular weight excluding hydrogens is 454 g/mol. The molecule has 36 heavy (non-hydrogen) atoms. The highest BCUT2D eigenvalue weighted by atomic mass is 16.5. The highest BCUT2D eigenvalue weighted by molar-refractivity contribution is 6.10.